The molecule has 2 aliphatic rings. The molecule has 85 heavy (non-hydrogen) atoms. The standard InChI is InChI=1S/C38H40N2O3.C37H38N2O3/c1-27(41)11-10-20-40(3)24-36-34-18-9-19-35(34)37(22-38(36)42-25-30-13-7-12-29(21-30)23-39)43-26-32-16-8-17-33(28(32)2)31-14-5-4-6-15-31;1-26(40)10-9-19-39-23-35-33-17-8-18-34(33)36(21-37(35)41-24-29-12-6-11-28(20-29)22-38)42-25-31-15-7-16-32(27(31)2)30-13-4-3-5-14-30/h4-8,12-17,21-22H,9-11,18-20,24-26H2,1-3H3;3-7,11-16,20-21,39H,8-10,17-19,23-25H2,1-2H3. The van der Waals surface area contributed by atoms with E-state index in [2.05, 4.69) is 140 Å². The van der Waals surface area contributed by atoms with Gasteiger partial charge in [0.15, 0.2) is 0 Å². The summed E-state index contributed by atoms with van der Waals surface area (Å²) in [4.78, 5) is 25.2. The van der Waals surface area contributed by atoms with Crippen LogP contribution < -0.4 is 24.3 Å². The Balaban J connectivity index is 0.000000204. The number of hydrogen-bond donors (Lipinski definition) is 1. The monoisotopic (exact) mass is 1130 g/mol. The van der Waals surface area contributed by atoms with Crippen LogP contribution in [0.15, 0.2) is 158 Å². The van der Waals surface area contributed by atoms with Gasteiger partial charge in [0.2, 0.25) is 0 Å². The Bertz CT molecular complexity index is 3690. The molecule has 434 valence electrons. The third-order valence-electron chi connectivity index (χ3n) is 16.3. The fourth-order valence-corrected chi connectivity index (χ4v) is 11.7. The summed E-state index contributed by atoms with van der Waals surface area (Å²) in [6.07, 6.45) is 8.95. The van der Waals surface area contributed by atoms with E-state index in [1.807, 2.05) is 48.5 Å². The maximum Gasteiger partial charge on any atom is 0.129 e. The van der Waals surface area contributed by atoms with Crippen molar-refractivity contribution in [3.05, 3.63) is 236 Å². The summed E-state index contributed by atoms with van der Waals surface area (Å²) < 4.78 is 26.2. The number of rotatable bonds is 26. The van der Waals surface area contributed by atoms with Crippen molar-refractivity contribution in [1.82, 2.24) is 10.2 Å². The van der Waals surface area contributed by atoms with Gasteiger partial charge in [0.1, 0.15) is 61.0 Å². The molecule has 0 spiro atoms. The molecular weight excluding hydrogens is 1050 g/mol. The molecule has 0 radical (unpaired) electrons. The minimum Gasteiger partial charge on any atom is -0.488 e. The van der Waals surface area contributed by atoms with E-state index >= 15 is 0 Å². The molecule has 0 bridgehead atoms. The van der Waals surface area contributed by atoms with E-state index in [-0.39, 0.29) is 11.6 Å². The molecule has 10 heteroatoms. The molecule has 0 saturated carbocycles. The Hall–Kier alpha value is -8.80. The number of ether oxygens (including phenoxy) is 4. The maximum absolute atomic E-state index is 11.5. The molecule has 0 heterocycles. The fourth-order valence-electron chi connectivity index (χ4n) is 11.7. The quantitative estimate of drug-likeness (QED) is 0.0522. The van der Waals surface area contributed by atoms with Crippen molar-refractivity contribution in [2.75, 3.05) is 20.1 Å². The number of Topliss-reactive ketones (excluding diaryl/α,β-unsaturated/α-hetero) is 2. The van der Waals surface area contributed by atoms with Crippen molar-refractivity contribution in [3.63, 3.8) is 0 Å². The van der Waals surface area contributed by atoms with Gasteiger partial charge in [-0.3, -0.25) is 0 Å². The summed E-state index contributed by atoms with van der Waals surface area (Å²) in [7, 11) is 2.11. The molecule has 1 N–H and O–H groups in total. The summed E-state index contributed by atoms with van der Waals surface area (Å²) in [6.45, 7) is 12.3. The van der Waals surface area contributed by atoms with Crippen LogP contribution in [-0.4, -0.2) is 36.6 Å². The zero-order valence-electron chi connectivity index (χ0n) is 50.0. The average Bonchev–Trinajstić information content (AvgIpc) is 3.67. The Morgan fingerprint density at radius 1 is 0.506 bits per heavy atom. The second-order valence-corrected chi connectivity index (χ2v) is 22.5. The van der Waals surface area contributed by atoms with E-state index in [4.69, 9.17) is 18.9 Å². The van der Waals surface area contributed by atoms with E-state index in [1.54, 1.807) is 26.0 Å². The number of benzene rings is 8. The van der Waals surface area contributed by atoms with Crippen LogP contribution in [-0.2, 0) is 74.8 Å². The lowest BCUT2D eigenvalue weighted by Crippen LogP contribution is -2.21. The molecule has 0 unspecified atom stereocenters. The Morgan fingerprint density at radius 2 is 0.953 bits per heavy atom. The van der Waals surface area contributed by atoms with Gasteiger partial charge in [0.25, 0.3) is 0 Å². The molecule has 8 aromatic carbocycles. The number of ketones is 2. The zero-order valence-corrected chi connectivity index (χ0v) is 50.0. The van der Waals surface area contributed by atoms with Crippen molar-refractivity contribution < 1.29 is 28.5 Å². The third kappa shape index (κ3) is 16.3. The predicted molar refractivity (Wildman–Crippen MR) is 338 cm³/mol. The van der Waals surface area contributed by atoms with Crippen LogP contribution in [0.3, 0.4) is 0 Å². The number of nitrogens with one attached hydrogen (secondary N) is 1. The van der Waals surface area contributed by atoms with Gasteiger partial charge < -0.3 is 38.8 Å². The lowest BCUT2D eigenvalue weighted by molar-refractivity contribution is -0.117. The van der Waals surface area contributed by atoms with Crippen molar-refractivity contribution in [3.8, 4) is 57.4 Å². The highest BCUT2D eigenvalue weighted by atomic mass is 16.5. The lowest BCUT2D eigenvalue weighted by Gasteiger charge is -2.23. The van der Waals surface area contributed by atoms with Gasteiger partial charge >= 0.3 is 0 Å². The first kappa shape index (κ1) is 60.8. The largest absolute Gasteiger partial charge is 0.488 e. The second kappa shape index (κ2) is 30.1. The summed E-state index contributed by atoms with van der Waals surface area (Å²) in [5.74, 6) is 3.85. The normalized spacial score (nSPS) is 12.1. The molecule has 0 aromatic heterocycles. The maximum atomic E-state index is 11.5. The van der Waals surface area contributed by atoms with E-state index in [0.29, 0.717) is 56.9 Å². The van der Waals surface area contributed by atoms with E-state index in [0.717, 1.165) is 122 Å². The minimum absolute atomic E-state index is 0.215. The molecule has 0 atom stereocenters. The zero-order chi connectivity index (χ0) is 59.5. The van der Waals surface area contributed by atoms with Crippen LogP contribution in [0.5, 0.6) is 23.0 Å². The lowest BCUT2D eigenvalue weighted by atomic mass is 9.97. The SMILES string of the molecule is CC(=O)CCCN(C)Cc1c(OCc2cccc(C#N)c2)cc(OCc2cccc(-c3ccccc3)c2C)c2c1CCC2.CC(=O)CCCNCc1c(OCc2cccc(C#N)c2)cc(OCc2cccc(-c3ccccc3)c2C)c2c1CCC2. The van der Waals surface area contributed by atoms with Crippen molar-refractivity contribution >= 4 is 11.6 Å². The molecular formula is C75H78N4O6. The number of carbonyl (C=O) groups excluding carboxylic acids is 2. The van der Waals surface area contributed by atoms with Crippen molar-refractivity contribution in [2.45, 2.75) is 131 Å². The molecule has 0 amide bonds. The first-order chi connectivity index (χ1) is 41.5. The second-order valence-electron chi connectivity index (χ2n) is 22.5. The highest BCUT2D eigenvalue weighted by molar-refractivity contribution is 5.76. The third-order valence-corrected chi connectivity index (χ3v) is 16.3. The fraction of sp³-hybridized carbons (Fsp3) is 0.307. The van der Waals surface area contributed by atoms with Crippen LogP contribution in [0.4, 0.5) is 0 Å². The van der Waals surface area contributed by atoms with E-state index in [1.165, 1.54) is 61.2 Å². The highest BCUT2D eigenvalue weighted by Gasteiger charge is 2.27. The number of fused-ring (bicyclic) bond motifs is 2. The summed E-state index contributed by atoms with van der Waals surface area (Å²) in [5, 5.41) is 22.2. The number of carbonyl (C=O) groups is 2. The number of hydrogen-bond acceptors (Lipinski definition) is 10. The molecule has 10 nitrogen and oxygen atoms in total. The van der Waals surface area contributed by atoms with Crippen LogP contribution in [0.1, 0.15) is 130 Å². The molecule has 2 aliphatic carbocycles. The smallest absolute Gasteiger partial charge is 0.129 e. The van der Waals surface area contributed by atoms with Crippen LogP contribution in [0.25, 0.3) is 22.3 Å². The number of nitrogens with zero attached hydrogens (tertiary/aromatic N) is 3. The topological polar surface area (TPSA) is 134 Å². The van der Waals surface area contributed by atoms with Crippen LogP contribution >= 0.6 is 0 Å². The summed E-state index contributed by atoms with van der Waals surface area (Å²) >= 11 is 0. The highest BCUT2D eigenvalue weighted by Crippen LogP contribution is 2.42. The van der Waals surface area contributed by atoms with Gasteiger partial charge in [-0.15, -0.1) is 0 Å². The van der Waals surface area contributed by atoms with Crippen LogP contribution in [0, 0.1) is 36.5 Å². The van der Waals surface area contributed by atoms with Crippen molar-refractivity contribution in [1.29, 1.82) is 10.5 Å². The van der Waals surface area contributed by atoms with Gasteiger partial charge in [-0.2, -0.15) is 10.5 Å². The van der Waals surface area contributed by atoms with Crippen molar-refractivity contribution in [2.24, 2.45) is 0 Å². The molecule has 0 aliphatic heterocycles. The van der Waals surface area contributed by atoms with Gasteiger partial charge in [-0.1, -0.05) is 121 Å². The van der Waals surface area contributed by atoms with Crippen LogP contribution in [0.2, 0.25) is 0 Å². The van der Waals surface area contributed by atoms with Gasteiger partial charge in [0, 0.05) is 49.2 Å². The van der Waals surface area contributed by atoms with E-state index in [9.17, 15) is 20.1 Å². The molecule has 0 saturated heterocycles. The van der Waals surface area contributed by atoms with Gasteiger partial charge in [-0.05, 0) is 201 Å². The summed E-state index contributed by atoms with van der Waals surface area (Å²) in [6, 6.07) is 57.4. The minimum atomic E-state index is 0.215. The van der Waals surface area contributed by atoms with E-state index < -0.39 is 0 Å². The molecule has 0 fully saturated rings. The Morgan fingerprint density at radius 3 is 1.45 bits per heavy atom. The first-order valence-corrected chi connectivity index (χ1v) is 30.0. The molecule has 8 aromatic rings. The first-order valence-electron chi connectivity index (χ1n) is 30.0. The Kier molecular flexibility index (Phi) is 21.6. The number of nitriles is 2. The average molecular weight is 1130 g/mol. The Labute approximate surface area is 503 Å². The van der Waals surface area contributed by atoms with Gasteiger partial charge in [-0.25, -0.2) is 0 Å². The molecule has 10 rings (SSSR count). The predicted octanol–water partition coefficient (Wildman–Crippen LogP) is 15.6. The summed E-state index contributed by atoms with van der Waals surface area (Å²) in [5.41, 5.74) is 20.3. The van der Waals surface area contributed by atoms with Gasteiger partial charge in [0.05, 0.1) is 23.3 Å².